The second-order valence-corrected chi connectivity index (χ2v) is 11.1. The maximum absolute atomic E-state index is 13.8. The van der Waals surface area contributed by atoms with Gasteiger partial charge in [-0.2, -0.15) is 8.78 Å². The van der Waals surface area contributed by atoms with Crippen LogP contribution in [0.5, 0.6) is 11.5 Å². The molecular weight excluding hydrogens is 480 g/mol. The molecule has 2 aromatic rings. The lowest BCUT2D eigenvalue weighted by Crippen LogP contribution is -2.23. The summed E-state index contributed by atoms with van der Waals surface area (Å²) in [6.07, 6.45) is 1.32. The number of methoxy groups -OCH3 is 1. The molecule has 3 nitrogen and oxygen atoms in total. The largest absolute Gasteiger partial charge is 0.493 e. The highest BCUT2D eigenvalue weighted by atomic mass is 32.1. The van der Waals surface area contributed by atoms with E-state index in [2.05, 4.69) is 71.0 Å². The first-order valence-corrected chi connectivity index (χ1v) is 11.9. The molecule has 0 radical (unpaired) electrons. The van der Waals surface area contributed by atoms with E-state index in [4.69, 9.17) is 9.47 Å². The molecule has 0 N–H and O–H groups in total. The lowest BCUT2D eigenvalue weighted by molar-refractivity contribution is 0.225. The first-order chi connectivity index (χ1) is 16.1. The Hall–Kier alpha value is -1.93. The minimum Gasteiger partial charge on any atom is -0.493 e. The van der Waals surface area contributed by atoms with E-state index < -0.39 is 33.9 Å². The first-order valence-electron chi connectivity index (χ1n) is 11.4. The van der Waals surface area contributed by atoms with Crippen molar-refractivity contribution in [2.45, 2.75) is 65.2 Å². The van der Waals surface area contributed by atoms with Crippen molar-refractivity contribution in [3.8, 4) is 11.5 Å². The van der Waals surface area contributed by atoms with Crippen LogP contribution < -0.4 is 9.47 Å². The van der Waals surface area contributed by atoms with Crippen molar-refractivity contribution in [3.63, 3.8) is 0 Å². The predicted octanol–water partition coefficient (Wildman–Crippen LogP) is 8.21. The highest BCUT2D eigenvalue weighted by Crippen LogP contribution is 2.43. The molecule has 8 heteroatoms. The lowest BCUT2D eigenvalue weighted by atomic mass is 9.69. The third kappa shape index (κ3) is 9.56. The summed E-state index contributed by atoms with van der Waals surface area (Å²) in [6.45, 7) is 13.5. The zero-order valence-corrected chi connectivity index (χ0v) is 22.8. The summed E-state index contributed by atoms with van der Waals surface area (Å²) in [6, 6.07) is 7.91. The Bertz CT molecular complexity index is 906. The molecule has 198 valence electrons. The molecule has 0 bridgehead atoms. The standard InChI is InChI=1S/C25H32F4O2S.C2H6O/c1-24(2,3)14-17(25(4,5)6)15-8-10-16(11-9-15)30-12-7-13-31-22-18(26)20(28)23(32)21(29)19(22)27;1-3-2/h8-11,17,32H,7,12-14H2,1-6H3;1-2H3. The van der Waals surface area contributed by atoms with Crippen molar-refractivity contribution >= 4 is 12.6 Å². The molecule has 0 saturated carbocycles. The highest BCUT2D eigenvalue weighted by Gasteiger charge is 2.30. The third-order valence-electron chi connectivity index (χ3n) is 5.15. The summed E-state index contributed by atoms with van der Waals surface area (Å²) < 4.78 is 69.4. The quantitative estimate of drug-likeness (QED) is 0.165. The summed E-state index contributed by atoms with van der Waals surface area (Å²) in [4.78, 5) is -1.02. The molecule has 0 aliphatic rings. The fourth-order valence-electron chi connectivity index (χ4n) is 3.48. The minimum absolute atomic E-state index is 0.113. The normalized spacial score (nSPS) is 12.6. The smallest absolute Gasteiger partial charge is 0.205 e. The van der Waals surface area contributed by atoms with E-state index >= 15 is 0 Å². The van der Waals surface area contributed by atoms with Crippen molar-refractivity contribution in [3.05, 3.63) is 53.1 Å². The van der Waals surface area contributed by atoms with Crippen LogP contribution in [0.3, 0.4) is 0 Å². The SMILES string of the molecule is CC(C)(C)CC(c1ccc(OCCCOc2c(F)c(F)c(S)c(F)c2F)cc1)C(C)(C)C.COC. The Morgan fingerprint density at radius 2 is 1.23 bits per heavy atom. The number of hydrogen-bond donors (Lipinski definition) is 1. The zero-order chi connectivity index (χ0) is 27.0. The third-order valence-corrected chi connectivity index (χ3v) is 5.54. The van der Waals surface area contributed by atoms with Crippen LogP contribution in [0.1, 0.15) is 65.9 Å². The topological polar surface area (TPSA) is 27.7 Å². The van der Waals surface area contributed by atoms with Gasteiger partial charge in [-0.05, 0) is 40.9 Å². The van der Waals surface area contributed by atoms with Crippen LogP contribution in [0.15, 0.2) is 29.2 Å². The molecule has 0 fully saturated rings. The molecule has 1 unspecified atom stereocenters. The first kappa shape index (κ1) is 31.1. The Morgan fingerprint density at radius 1 is 0.771 bits per heavy atom. The van der Waals surface area contributed by atoms with Crippen LogP contribution >= 0.6 is 12.6 Å². The number of benzene rings is 2. The van der Waals surface area contributed by atoms with E-state index in [0.29, 0.717) is 11.7 Å². The van der Waals surface area contributed by atoms with Crippen molar-refractivity contribution in [2.24, 2.45) is 10.8 Å². The van der Waals surface area contributed by atoms with Gasteiger partial charge in [-0.15, -0.1) is 12.6 Å². The second-order valence-electron chi connectivity index (χ2n) is 10.6. The van der Waals surface area contributed by atoms with Crippen molar-refractivity contribution in [2.75, 3.05) is 27.4 Å². The summed E-state index contributed by atoms with van der Waals surface area (Å²) in [7, 11) is 3.25. The van der Waals surface area contributed by atoms with Crippen LogP contribution in [0.2, 0.25) is 0 Å². The van der Waals surface area contributed by atoms with Crippen molar-refractivity contribution < 1.29 is 31.8 Å². The molecule has 35 heavy (non-hydrogen) atoms. The van der Waals surface area contributed by atoms with E-state index in [0.717, 1.165) is 6.42 Å². The van der Waals surface area contributed by atoms with Crippen LogP contribution in [-0.2, 0) is 4.74 Å². The molecule has 2 rings (SSSR count). The van der Waals surface area contributed by atoms with Gasteiger partial charge in [0.25, 0.3) is 0 Å². The Balaban J connectivity index is 0.00000194. The number of hydrogen-bond acceptors (Lipinski definition) is 4. The lowest BCUT2D eigenvalue weighted by Gasteiger charge is -2.36. The molecule has 0 aliphatic carbocycles. The van der Waals surface area contributed by atoms with Crippen molar-refractivity contribution in [1.82, 2.24) is 0 Å². The summed E-state index contributed by atoms with van der Waals surface area (Å²) in [5.41, 5.74) is 1.55. The minimum atomic E-state index is -1.60. The Morgan fingerprint density at radius 3 is 1.66 bits per heavy atom. The average molecular weight is 519 g/mol. The van der Waals surface area contributed by atoms with Crippen molar-refractivity contribution in [1.29, 1.82) is 0 Å². The Labute approximate surface area is 212 Å². The summed E-state index contributed by atoms with van der Waals surface area (Å²) in [5.74, 6) is -6.42. The fraction of sp³-hybridized carbons (Fsp3) is 0.556. The highest BCUT2D eigenvalue weighted by molar-refractivity contribution is 7.80. The molecule has 0 heterocycles. The number of halogens is 4. The van der Waals surface area contributed by atoms with E-state index in [-0.39, 0.29) is 30.5 Å². The molecule has 2 aromatic carbocycles. The summed E-state index contributed by atoms with van der Waals surface area (Å²) in [5, 5.41) is 0. The van der Waals surface area contributed by atoms with Gasteiger partial charge in [0, 0.05) is 20.6 Å². The number of ether oxygens (including phenoxy) is 3. The predicted molar refractivity (Wildman–Crippen MR) is 135 cm³/mol. The molecule has 0 aromatic heterocycles. The van der Waals surface area contributed by atoms with Gasteiger partial charge in [0.2, 0.25) is 11.6 Å². The number of thiol groups is 1. The zero-order valence-electron chi connectivity index (χ0n) is 21.9. The van der Waals surface area contributed by atoms with E-state index in [1.54, 1.807) is 14.2 Å². The van der Waals surface area contributed by atoms with Crippen LogP contribution in [0.25, 0.3) is 0 Å². The van der Waals surface area contributed by atoms with Gasteiger partial charge in [0.05, 0.1) is 18.1 Å². The van der Waals surface area contributed by atoms with Crippen LogP contribution in [0.4, 0.5) is 17.6 Å². The maximum Gasteiger partial charge on any atom is 0.205 e. The molecule has 0 spiro atoms. The molecule has 0 amide bonds. The van der Waals surface area contributed by atoms with Gasteiger partial charge in [-0.1, -0.05) is 53.7 Å². The molecule has 0 saturated heterocycles. The van der Waals surface area contributed by atoms with E-state index in [1.165, 1.54) is 5.56 Å². The summed E-state index contributed by atoms with van der Waals surface area (Å²) >= 11 is 3.41. The number of rotatable bonds is 8. The molecule has 1 atom stereocenters. The van der Waals surface area contributed by atoms with Gasteiger partial charge < -0.3 is 14.2 Å². The second kappa shape index (κ2) is 13.4. The van der Waals surface area contributed by atoms with Gasteiger partial charge in [-0.3, -0.25) is 0 Å². The van der Waals surface area contributed by atoms with Gasteiger partial charge in [0.15, 0.2) is 17.4 Å². The monoisotopic (exact) mass is 518 g/mol. The van der Waals surface area contributed by atoms with Crippen LogP contribution in [0, 0.1) is 34.1 Å². The molecule has 0 aliphatic heterocycles. The van der Waals surface area contributed by atoms with Gasteiger partial charge >= 0.3 is 0 Å². The van der Waals surface area contributed by atoms with Gasteiger partial charge in [0.1, 0.15) is 5.75 Å². The van der Waals surface area contributed by atoms with E-state index in [9.17, 15) is 17.6 Å². The van der Waals surface area contributed by atoms with Gasteiger partial charge in [-0.25, -0.2) is 8.78 Å². The maximum atomic E-state index is 13.8. The van der Waals surface area contributed by atoms with E-state index in [1.807, 2.05) is 12.1 Å². The Kier molecular flexibility index (Phi) is 11.9. The fourth-order valence-corrected chi connectivity index (χ4v) is 3.68. The van der Waals surface area contributed by atoms with Crippen LogP contribution in [-0.4, -0.2) is 27.4 Å². The average Bonchev–Trinajstić information content (AvgIpc) is 2.76. The molecular formula is C27H38F4O3S.